The van der Waals surface area contributed by atoms with Gasteiger partial charge in [-0.3, -0.25) is 24.7 Å². The number of nitro groups is 1. The van der Waals surface area contributed by atoms with E-state index in [-0.39, 0.29) is 35.8 Å². The summed E-state index contributed by atoms with van der Waals surface area (Å²) < 4.78 is 6.60. The highest BCUT2D eigenvalue weighted by molar-refractivity contribution is 6.26. The fourth-order valence-electron chi connectivity index (χ4n) is 3.54. The van der Waals surface area contributed by atoms with Gasteiger partial charge in [0.25, 0.3) is 11.2 Å². The quantitative estimate of drug-likeness (QED) is 0.390. The average Bonchev–Trinajstić information content (AvgIpc) is 2.99. The summed E-state index contributed by atoms with van der Waals surface area (Å²) in [5.74, 6) is 0.132. The van der Waals surface area contributed by atoms with Gasteiger partial charge in [-0.15, -0.1) is 12.4 Å². The van der Waals surface area contributed by atoms with Crippen molar-refractivity contribution in [1.82, 2.24) is 9.55 Å². The van der Waals surface area contributed by atoms with Crippen LogP contribution in [0.1, 0.15) is 22.3 Å². The third kappa shape index (κ3) is 3.04. The van der Waals surface area contributed by atoms with E-state index in [1.807, 2.05) is 0 Å². The van der Waals surface area contributed by atoms with Gasteiger partial charge in [0.15, 0.2) is 5.78 Å². The van der Waals surface area contributed by atoms with Crippen LogP contribution in [-0.2, 0) is 6.54 Å². The molecule has 0 atom stereocenters. The van der Waals surface area contributed by atoms with Crippen LogP contribution in [0.2, 0.25) is 0 Å². The number of ether oxygens (including phenoxy) is 1. The molecule has 2 heterocycles. The summed E-state index contributed by atoms with van der Waals surface area (Å²) in [5, 5.41) is 11.6. The minimum Gasteiger partial charge on any atom is -0.495 e. The molecule has 9 nitrogen and oxygen atoms in total. The highest BCUT2D eigenvalue weighted by atomic mass is 35.5. The molecule has 2 aromatic heterocycles. The summed E-state index contributed by atoms with van der Waals surface area (Å²) in [6.45, 7) is 0.627. The van der Waals surface area contributed by atoms with Gasteiger partial charge in [-0.05, 0) is 25.1 Å². The van der Waals surface area contributed by atoms with Gasteiger partial charge in [-0.2, -0.15) is 0 Å². The van der Waals surface area contributed by atoms with E-state index in [0.29, 0.717) is 46.6 Å². The van der Waals surface area contributed by atoms with E-state index < -0.39 is 10.5 Å². The summed E-state index contributed by atoms with van der Waals surface area (Å²) in [7, 11) is 1.47. The Morgan fingerprint density at radius 1 is 1.24 bits per heavy atom. The molecule has 2 N–H and O–H groups in total. The zero-order valence-corrected chi connectivity index (χ0v) is 16.2. The number of hydrogen-bond donors (Lipinski definition) is 1. The Morgan fingerprint density at radius 2 is 2.00 bits per heavy atom. The number of methoxy groups -OCH3 is 1. The third-order valence-corrected chi connectivity index (χ3v) is 4.85. The van der Waals surface area contributed by atoms with Gasteiger partial charge >= 0.3 is 0 Å². The maximum Gasteiger partial charge on any atom is 0.270 e. The standard InChI is InChI=1S/C19H16N4O5.ClH/c1-28-11-8-14-16(21-9-11)17-15(18(14)24)12-4-3-10(23(26)27)7-13(12)19(25)22(17)6-2-5-20;/h3-4,7-9H,2,5-6,20H2,1H3;1H. The van der Waals surface area contributed by atoms with Gasteiger partial charge < -0.3 is 15.0 Å². The first-order valence-corrected chi connectivity index (χ1v) is 8.62. The molecule has 1 aliphatic carbocycles. The second kappa shape index (κ2) is 7.61. The lowest BCUT2D eigenvalue weighted by Crippen LogP contribution is -2.24. The zero-order valence-electron chi connectivity index (χ0n) is 15.4. The Balaban J connectivity index is 0.00000240. The molecule has 3 aromatic rings. The average molecular weight is 417 g/mol. The molecule has 0 fully saturated rings. The lowest BCUT2D eigenvalue weighted by atomic mass is 10.0. The first kappa shape index (κ1) is 20.4. The summed E-state index contributed by atoms with van der Waals surface area (Å²) in [6.07, 6.45) is 1.99. The van der Waals surface area contributed by atoms with Crippen LogP contribution in [0.5, 0.6) is 5.75 Å². The van der Waals surface area contributed by atoms with E-state index in [9.17, 15) is 19.7 Å². The number of nitro benzene ring substituents is 1. The van der Waals surface area contributed by atoms with Gasteiger partial charge in [0.2, 0.25) is 0 Å². The van der Waals surface area contributed by atoms with Crippen LogP contribution in [0, 0.1) is 10.1 Å². The second-order valence-electron chi connectivity index (χ2n) is 6.41. The molecule has 0 aliphatic heterocycles. The molecule has 1 aliphatic rings. The number of fused-ring (bicyclic) bond motifs is 5. The predicted molar refractivity (Wildman–Crippen MR) is 109 cm³/mol. The van der Waals surface area contributed by atoms with Crippen molar-refractivity contribution in [3.05, 3.63) is 62.1 Å². The molecule has 4 rings (SSSR count). The Kier molecular flexibility index (Phi) is 5.36. The molecule has 1 aromatic carbocycles. The number of nitrogens with two attached hydrogens (primary N) is 1. The number of non-ortho nitro benzene ring substituents is 1. The first-order chi connectivity index (χ1) is 13.5. The minimum absolute atomic E-state index is 0. The van der Waals surface area contributed by atoms with E-state index in [1.165, 1.54) is 36.1 Å². The van der Waals surface area contributed by atoms with Crippen molar-refractivity contribution in [3.8, 4) is 17.1 Å². The third-order valence-electron chi connectivity index (χ3n) is 4.85. The molecule has 29 heavy (non-hydrogen) atoms. The SMILES string of the molecule is COc1cnc2c(c1)C(=O)c1c-2n(CCCN)c(=O)c2cc([N+](=O)[O-])ccc12.Cl. The van der Waals surface area contributed by atoms with E-state index in [2.05, 4.69) is 4.98 Å². The molecule has 0 radical (unpaired) electrons. The van der Waals surface area contributed by atoms with Crippen molar-refractivity contribution < 1.29 is 14.5 Å². The number of halogens is 1. The fraction of sp³-hybridized carbons (Fsp3) is 0.211. The van der Waals surface area contributed by atoms with Crippen molar-refractivity contribution in [2.75, 3.05) is 13.7 Å². The molecule has 10 heteroatoms. The van der Waals surface area contributed by atoms with Crippen molar-refractivity contribution in [3.63, 3.8) is 0 Å². The van der Waals surface area contributed by atoms with Gasteiger partial charge in [-0.25, -0.2) is 0 Å². The van der Waals surface area contributed by atoms with Crippen LogP contribution in [0.4, 0.5) is 5.69 Å². The van der Waals surface area contributed by atoms with Gasteiger partial charge in [-0.1, -0.05) is 0 Å². The maximum absolute atomic E-state index is 13.2. The molecule has 0 saturated heterocycles. The summed E-state index contributed by atoms with van der Waals surface area (Å²) in [4.78, 5) is 41.2. The molecule has 150 valence electrons. The van der Waals surface area contributed by atoms with E-state index in [1.54, 1.807) is 6.07 Å². The van der Waals surface area contributed by atoms with Crippen molar-refractivity contribution in [1.29, 1.82) is 0 Å². The number of benzene rings is 1. The summed E-state index contributed by atoms with van der Waals surface area (Å²) >= 11 is 0. The van der Waals surface area contributed by atoms with Crippen molar-refractivity contribution in [2.24, 2.45) is 5.73 Å². The van der Waals surface area contributed by atoms with E-state index in [4.69, 9.17) is 10.5 Å². The van der Waals surface area contributed by atoms with Crippen molar-refractivity contribution >= 4 is 34.7 Å². The van der Waals surface area contributed by atoms with Crippen LogP contribution in [0.3, 0.4) is 0 Å². The number of hydrogen-bond acceptors (Lipinski definition) is 7. The molecule has 0 amide bonds. The van der Waals surface area contributed by atoms with Crippen LogP contribution in [0.15, 0.2) is 35.3 Å². The molecular formula is C19H17ClN4O5. The fourth-order valence-corrected chi connectivity index (χ4v) is 3.54. The molecular weight excluding hydrogens is 400 g/mol. The highest BCUT2D eigenvalue weighted by Gasteiger charge is 2.34. The largest absolute Gasteiger partial charge is 0.495 e. The van der Waals surface area contributed by atoms with Gasteiger partial charge in [0.05, 0.1) is 46.1 Å². The predicted octanol–water partition coefficient (Wildman–Crippen LogP) is 2.30. The van der Waals surface area contributed by atoms with Gasteiger partial charge in [0.1, 0.15) is 5.75 Å². The topological polar surface area (TPSA) is 130 Å². The highest BCUT2D eigenvalue weighted by Crippen LogP contribution is 2.39. The van der Waals surface area contributed by atoms with Crippen molar-refractivity contribution in [2.45, 2.75) is 13.0 Å². The number of ketones is 1. The second-order valence-corrected chi connectivity index (χ2v) is 6.41. The lowest BCUT2D eigenvalue weighted by Gasteiger charge is -2.14. The van der Waals surface area contributed by atoms with Gasteiger partial charge in [0, 0.05) is 24.1 Å². The van der Waals surface area contributed by atoms with Crippen LogP contribution < -0.4 is 16.0 Å². The number of carbonyl (C=O) groups excluding carboxylic acids is 1. The lowest BCUT2D eigenvalue weighted by molar-refractivity contribution is -0.384. The number of aromatic nitrogens is 2. The maximum atomic E-state index is 13.2. The summed E-state index contributed by atoms with van der Waals surface area (Å²) in [5.41, 5.74) is 6.45. The Labute approximate surface area is 170 Å². The number of nitrogens with zero attached hydrogens (tertiary/aromatic N) is 3. The molecule has 0 unspecified atom stereocenters. The Morgan fingerprint density at radius 3 is 2.66 bits per heavy atom. The molecule has 0 spiro atoms. The van der Waals surface area contributed by atoms with Crippen LogP contribution >= 0.6 is 12.4 Å². The number of rotatable bonds is 5. The van der Waals surface area contributed by atoms with Crippen LogP contribution in [0.25, 0.3) is 22.2 Å². The number of pyridine rings is 2. The zero-order chi connectivity index (χ0) is 20.0. The summed E-state index contributed by atoms with van der Waals surface area (Å²) in [6, 6.07) is 5.53. The normalized spacial score (nSPS) is 11.7. The first-order valence-electron chi connectivity index (χ1n) is 8.62. The van der Waals surface area contributed by atoms with E-state index in [0.717, 1.165) is 0 Å². The van der Waals surface area contributed by atoms with Crippen LogP contribution in [-0.4, -0.2) is 33.9 Å². The molecule has 0 saturated carbocycles. The molecule has 0 bridgehead atoms. The smallest absolute Gasteiger partial charge is 0.270 e. The Bertz CT molecular complexity index is 1220. The Hall–Kier alpha value is -3.30. The monoisotopic (exact) mass is 416 g/mol. The number of carbonyl (C=O) groups is 1. The minimum atomic E-state index is -0.570. The van der Waals surface area contributed by atoms with E-state index >= 15 is 0 Å².